The Labute approximate surface area is 61.1 Å². The molecule has 0 aliphatic carbocycles. The van der Waals surface area contributed by atoms with Gasteiger partial charge < -0.3 is 15.4 Å². The lowest BCUT2D eigenvalue weighted by Crippen LogP contribution is -2.54. The van der Waals surface area contributed by atoms with Gasteiger partial charge in [-0.25, -0.2) is 0 Å². The fraction of sp³-hybridized carbons (Fsp3) is 1.00. The Hall–Kier alpha value is -0.120. The van der Waals surface area contributed by atoms with Crippen molar-refractivity contribution in [2.24, 2.45) is 5.92 Å². The van der Waals surface area contributed by atoms with E-state index in [1.807, 2.05) is 0 Å². The molecule has 2 aliphatic rings. The van der Waals surface area contributed by atoms with E-state index < -0.39 is 0 Å². The summed E-state index contributed by atoms with van der Waals surface area (Å²) >= 11 is 0. The first kappa shape index (κ1) is 6.58. The number of hydrogen-bond donors (Lipinski definition) is 2. The van der Waals surface area contributed by atoms with Crippen LogP contribution >= 0.6 is 0 Å². The van der Waals surface area contributed by atoms with E-state index in [4.69, 9.17) is 4.74 Å². The molecule has 2 N–H and O–H groups in total. The fourth-order valence-electron chi connectivity index (χ4n) is 1.46. The molecule has 0 saturated carbocycles. The van der Waals surface area contributed by atoms with Gasteiger partial charge in [0.05, 0.1) is 12.7 Å². The molecule has 2 saturated heterocycles. The van der Waals surface area contributed by atoms with Crippen LogP contribution in [0.1, 0.15) is 0 Å². The topological polar surface area (TPSA) is 33.3 Å². The Bertz CT molecular complexity index is 108. The van der Waals surface area contributed by atoms with E-state index in [9.17, 15) is 0 Å². The molecule has 58 valence electrons. The van der Waals surface area contributed by atoms with Gasteiger partial charge in [0.2, 0.25) is 0 Å². The highest BCUT2D eigenvalue weighted by Crippen LogP contribution is 2.13. The van der Waals surface area contributed by atoms with Crippen LogP contribution in [0.4, 0.5) is 0 Å². The molecule has 2 rings (SSSR count). The van der Waals surface area contributed by atoms with E-state index >= 15 is 0 Å². The quantitative estimate of drug-likeness (QED) is 0.502. The number of rotatable bonds is 1. The lowest BCUT2D eigenvalue weighted by Gasteiger charge is -2.36. The molecule has 0 aromatic heterocycles. The summed E-state index contributed by atoms with van der Waals surface area (Å²) in [4.78, 5) is 0. The molecule has 2 fully saturated rings. The summed E-state index contributed by atoms with van der Waals surface area (Å²) in [5, 5.41) is 6.58. The van der Waals surface area contributed by atoms with E-state index in [0.717, 1.165) is 38.7 Å². The van der Waals surface area contributed by atoms with Crippen molar-refractivity contribution in [2.45, 2.75) is 6.10 Å². The van der Waals surface area contributed by atoms with Crippen LogP contribution in [-0.4, -0.2) is 38.9 Å². The minimum Gasteiger partial charge on any atom is -0.375 e. The minimum atomic E-state index is 0.481. The average Bonchev–Trinajstić information content (AvgIpc) is 1.86. The van der Waals surface area contributed by atoms with Crippen LogP contribution in [0.15, 0.2) is 0 Å². The zero-order valence-electron chi connectivity index (χ0n) is 6.10. The molecule has 0 amide bonds. The van der Waals surface area contributed by atoms with Crippen molar-refractivity contribution in [3.8, 4) is 0 Å². The lowest BCUT2D eigenvalue weighted by molar-refractivity contribution is -0.0234. The Morgan fingerprint density at radius 3 is 2.50 bits per heavy atom. The van der Waals surface area contributed by atoms with Crippen molar-refractivity contribution < 1.29 is 4.74 Å². The maximum atomic E-state index is 5.58. The number of morpholine rings is 1. The van der Waals surface area contributed by atoms with Gasteiger partial charge in [-0.15, -0.1) is 0 Å². The highest BCUT2D eigenvalue weighted by molar-refractivity contribution is 4.85. The van der Waals surface area contributed by atoms with Crippen molar-refractivity contribution in [3.05, 3.63) is 0 Å². The maximum absolute atomic E-state index is 5.58. The van der Waals surface area contributed by atoms with E-state index in [0.29, 0.717) is 6.10 Å². The van der Waals surface area contributed by atoms with Crippen molar-refractivity contribution in [3.63, 3.8) is 0 Å². The van der Waals surface area contributed by atoms with Crippen LogP contribution in [0.25, 0.3) is 0 Å². The highest BCUT2D eigenvalue weighted by Gasteiger charge is 2.28. The summed E-state index contributed by atoms with van der Waals surface area (Å²) in [7, 11) is 0. The second-order valence-electron chi connectivity index (χ2n) is 3.03. The summed E-state index contributed by atoms with van der Waals surface area (Å²) in [5.41, 5.74) is 0. The van der Waals surface area contributed by atoms with Crippen LogP contribution in [0.5, 0.6) is 0 Å². The standard InChI is InChI=1S/C7H14N2O/c1-2-10-7(5-8-1)6-3-9-4-6/h6-9H,1-5H2. The van der Waals surface area contributed by atoms with Crippen LogP contribution < -0.4 is 10.6 Å². The summed E-state index contributed by atoms with van der Waals surface area (Å²) in [6, 6.07) is 0. The Balaban J connectivity index is 1.78. The summed E-state index contributed by atoms with van der Waals surface area (Å²) in [6.07, 6.45) is 0.481. The molecule has 2 heterocycles. The van der Waals surface area contributed by atoms with Gasteiger partial charge in [0.1, 0.15) is 0 Å². The highest BCUT2D eigenvalue weighted by atomic mass is 16.5. The molecule has 0 bridgehead atoms. The minimum absolute atomic E-state index is 0.481. The molecule has 0 radical (unpaired) electrons. The SMILES string of the molecule is C1COC(C2CNC2)CN1. The Morgan fingerprint density at radius 1 is 1.10 bits per heavy atom. The van der Waals surface area contributed by atoms with Crippen LogP contribution in [0.2, 0.25) is 0 Å². The van der Waals surface area contributed by atoms with Crippen molar-refractivity contribution in [2.75, 3.05) is 32.8 Å². The van der Waals surface area contributed by atoms with E-state index in [-0.39, 0.29) is 0 Å². The van der Waals surface area contributed by atoms with Crippen molar-refractivity contribution >= 4 is 0 Å². The van der Waals surface area contributed by atoms with Crippen LogP contribution in [0.3, 0.4) is 0 Å². The van der Waals surface area contributed by atoms with Gasteiger partial charge in [0.15, 0.2) is 0 Å². The molecule has 0 aromatic rings. The second kappa shape index (κ2) is 2.86. The van der Waals surface area contributed by atoms with Gasteiger partial charge in [-0.1, -0.05) is 0 Å². The largest absolute Gasteiger partial charge is 0.375 e. The van der Waals surface area contributed by atoms with Gasteiger partial charge in [-0.2, -0.15) is 0 Å². The molecular weight excluding hydrogens is 128 g/mol. The molecule has 1 unspecified atom stereocenters. The van der Waals surface area contributed by atoms with Crippen LogP contribution in [-0.2, 0) is 4.74 Å². The number of ether oxygens (including phenoxy) is 1. The van der Waals surface area contributed by atoms with Gasteiger partial charge in [-0.05, 0) is 0 Å². The van der Waals surface area contributed by atoms with Gasteiger partial charge in [0, 0.05) is 32.1 Å². The summed E-state index contributed by atoms with van der Waals surface area (Å²) in [6.45, 7) is 5.25. The zero-order chi connectivity index (χ0) is 6.81. The molecule has 10 heavy (non-hydrogen) atoms. The summed E-state index contributed by atoms with van der Waals surface area (Å²) < 4.78 is 5.58. The fourth-order valence-corrected chi connectivity index (χ4v) is 1.46. The van der Waals surface area contributed by atoms with E-state index in [1.165, 1.54) is 0 Å². The first-order valence-electron chi connectivity index (χ1n) is 4.00. The molecule has 1 atom stereocenters. The smallest absolute Gasteiger partial charge is 0.0752 e. The first-order valence-corrected chi connectivity index (χ1v) is 4.00. The van der Waals surface area contributed by atoms with E-state index in [1.54, 1.807) is 0 Å². The molecule has 3 heteroatoms. The lowest BCUT2D eigenvalue weighted by atomic mass is 9.95. The third-order valence-electron chi connectivity index (χ3n) is 2.30. The monoisotopic (exact) mass is 142 g/mol. The average molecular weight is 142 g/mol. The zero-order valence-corrected chi connectivity index (χ0v) is 6.10. The van der Waals surface area contributed by atoms with Gasteiger partial charge in [-0.3, -0.25) is 0 Å². The van der Waals surface area contributed by atoms with Gasteiger partial charge >= 0.3 is 0 Å². The molecule has 0 aromatic carbocycles. The first-order chi connectivity index (χ1) is 4.97. The third kappa shape index (κ3) is 1.17. The summed E-state index contributed by atoms with van der Waals surface area (Å²) in [5.74, 6) is 0.771. The van der Waals surface area contributed by atoms with E-state index in [2.05, 4.69) is 10.6 Å². The van der Waals surface area contributed by atoms with Gasteiger partial charge in [0.25, 0.3) is 0 Å². The van der Waals surface area contributed by atoms with Crippen molar-refractivity contribution in [1.29, 1.82) is 0 Å². The molecule has 3 nitrogen and oxygen atoms in total. The molecule has 2 aliphatic heterocycles. The second-order valence-corrected chi connectivity index (χ2v) is 3.03. The predicted molar refractivity (Wildman–Crippen MR) is 39.0 cm³/mol. The Morgan fingerprint density at radius 2 is 2.00 bits per heavy atom. The Kier molecular flexibility index (Phi) is 1.88. The number of nitrogens with one attached hydrogen (secondary N) is 2. The van der Waals surface area contributed by atoms with Crippen LogP contribution in [0, 0.1) is 5.92 Å². The molecule has 0 spiro atoms. The number of hydrogen-bond acceptors (Lipinski definition) is 3. The predicted octanol–water partition coefficient (Wildman–Crippen LogP) is -0.806. The third-order valence-corrected chi connectivity index (χ3v) is 2.30. The molecular formula is C7H14N2O. The van der Waals surface area contributed by atoms with Crippen molar-refractivity contribution in [1.82, 2.24) is 10.6 Å². The maximum Gasteiger partial charge on any atom is 0.0752 e. The normalized spacial score (nSPS) is 35.4.